The van der Waals surface area contributed by atoms with E-state index in [0.29, 0.717) is 6.61 Å². The molecule has 0 spiro atoms. The van der Waals surface area contributed by atoms with Gasteiger partial charge in [-0.05, 0) is 61.0 Å². The van der Waals surface area contributed by atoms with Gasteiger partial charge in [-0.3, -0.25) is 4.90 Å². The van der Waals surface area contributed by atoms with Crippen molar-refractivity contribution in [3.63, 3.8) is 0 Å². The monoisotopic (exact) mass is 478 g/mol. The van der Waals surface area contributed by atoms with Gasteiger partial charge in [0.25, 0.3) is 0 Å². The highest BCUT2D eigenvalue weighted by Crippen LogP contribution is 2.23. The van der Waals surface area contributed by atoms with Gasteiger partial charge in [0.1, 0.15) is 18.1 Å². The molecule has 0 bridgehead atoms. The number of rotatable bonds is 7. The minimum atomic E-state index is -1.82. The van der Waals surface area contributed by atoms with Crippen LogP contribution >= 0.6 is 0 Å². The van der Waals surface area contributed by atoms with Gasteiger partial charge >= 0.3 is 11.9 Å². The van der Waals surface area contributed by atoms with Crippen molar-refractivity contribution in [3.05, 3.63) is 77.9 Å². The van der Waals surface area contributed by atoms with Crippen LogP contribution in [-0.2, 0) is 14.4 Å². The number of hydrogen-bond donors (Lipinski definition) is 2. The molecular formula is C27H30N2O6. The number of benzene rings is 3. The van der Waals surface area contributed by atoms with Crippen LogP contribution in [0.3, 0.4) is 0 Å². The maximum Gasteiger partial charge on any atom is 0.414 e. The number of carbonyl (C=O) groups is 2. The zero-order valence-electron chi connectivity index (χ0n) is 19.7. The molecular weight excluding hydrogens is 448 g/mol. The van der Waals surface area contributed by atoms with Crippen molar-refractivity contribution in [1.82, 2.24) is 4.90 Å². The number of nitrogens with zero attached hydrogens (tertiary/aromatic N) is 2. The predicted molar refractivity (Wildman–Crippen MR) is 134 cm³/mol. The molecule has 8 heteroatoms. The highest BCUT2D eigenvalue weighted by molar-refractivity contribution is 6.27. The van der Waals surface area contributed by atoms with E-state index >= 15 is 0 Å². The zero-order valence-corrected chi connectivity index (χ0v) is 19.7. The molecule has 4 rings (SSSR count). The topological polar surface area (TPSA) is 109 Å². The van der Waals surface area contributed by atoms with E-state index in [2.05, 4.69) is 52.5 Å². The van der Waals surface area contributed by atoms with E-state index in [1.54, 1.807) is 7.11 Å². The molecule has 0 unspecified atom stereocenters. The molecule has 1 heterocycles. The van der Waals surface area contributed by atoms with E-state index in [4.69, 9.17) is 29.4 Å². The van der Waals surface area contributed by atoms with Crippen molar-refractivity contribution in [1.29, 1.82) is 0 Å². The number of methoxy groups -OCH3 is 1. The van der Waals surface area contributed by atoms with Gasteiger partial charge in [-0.25, -0.2) is 9.59 Å². The number of carboxylic acid groups (broad SMARTS) is 2. The lowest BCUT2D eigenvalue weighted by atomic mass is 9.96. The summed E-state index contributed by atoms with van der Waals surface area (Å²) in [6, 6.07) is 22.7. The number of aliphatic carboxylic acids is 2. The van der Waals surface area contributed by atoms with Crippen LogP contribution in [-0.4, -0.2) is 66.1 Å². The summed E-state index contributed by atoms with van der Waals surface area (Å²) in [5.41, 5.74) is 2.94. The van der Waals surface area contributed by atoms with E-state index in [0.717, 1.165) is 29.1 Å². The fraction of sp³-hybridized carbons (Fsp3) is 0.296. The Labute approximate surface area is 204 Å². The first kappa shape index (κ1) is 25.7. The molecule has 1 saturated heterocycles. The van der Waals surface area contributed by atoms with Crippen LogP contribution in [0.4, 0.5) is 0 Å². The summed E-state index contributed by atoms with van der Waals surface area (Å²) in [4.78, 5) is 26.5. The summed E-state index contributed by atoms with van der Waals surface area (Å²) in [5.74, 6) is -2.82. The average molecular weight is 479 g/mol. The first-order valence-electron chi connectivity index (χ1n) is 11.5. The maximum atomic E-state index is 9.10. The van der Waals surface area contributed by atoms with Gasteiger partial charge in [0.15, 0.2) is 0 Å². The molecule has 1 aliphatic rings. The van der Waals surface area contributed by atoms with Crippen LogP contribution in [0.15, 0.2) is 71.9 Å². The Hall–Kier alpha value is -3.91. The fourth-order valence-corrected chi connectivity index (χ4v) is 3.90. The van der Waals surface area contributed by atoms with Gasteiger partial charge in [-0.2, -0.15) is 0 Å². The Kier molecular flexibility index (Phi) is 9.62. The first-order chi connectivity index (χ1) is 17.0. The minimum absolute atomic E-state index is 0.602. The van der Waals surface area contributed by atoms with Gasteiger partial charge < -0.3 is 19.8 Å². The molecule has 184 valence electrons. The first-order valence-corrected chi connectivity index (χ1v) is 11.5. The fourth-order valence-electron chi connectivity index (χ4n) is 3.90. The second kappa shape index (κ2) is 13.1. The lowest BCUT2D eigenvalue weighted by Gasteiger charge is -2.25. The van der Waals surface area contributed by atoms with E-state index in [-0.39, 0.29) is 0 Å². The highest BCUT2D eigenvalue weighted by atomic mass is 16.6. The number of hydrogen-bond acceptors (Lipinski definition) is 6. The zero-order chi connectivity index (χ0) is 25.0. The summed E-state index contributed by atoms with van der Waals surface area (Å²) in [7, 11) is 1.68. The van der Waals surface area contributed by atoms with E-state index < -0.39 is 11.9 Å². The number of piperidine rings is 1. The lowest BCUT2D eigenvalue weighted by molar-refractivity contribution is -0.159. The third-order valence-electron chi connectivity index (χ3n) is 5.69. The second-order valence-electron chi connectivity index (χ2n) is 8.04. The SMILES string of the molecule is COc1ccc(/C(=N\OCCN2CCCCC2)c2cccc3ccccc23)cc1.O=C(O)C(=O)O. The summed E-state index contributed by atoms with van der Waals surface area (Å²) in [6.45, 7) is 3.86. The van der Waals surface area contributed by atoms with Crippen LogP contribution in [0.2, 0.25) is 0 Å². The molecule has 3 aromatic carbocycles. The van der Waals surface area contributed by atoms with Gasteiger partial charge in [-0.1, -0.05) is 54.0 Å². The largest absolute Gasteiger partial charge is 0.497 e. The minimum Gasteiger partial charge on any atom is -0.497 e. The van der Waals surface area contributed by atoms with Crippen molar-refractivity contribution in [3.8, 4) is 5.75 Å². The van der Waals surface area contributed by atoms with E-state index in [1.165, 1.54) is 43.1 Å². The molecule has 0 aromatic heterocycles. The second-order valence-corrected chi connectivity index (χ2v) is 8.04. The van der Waals surface area contributed by atoms with E-state index in [1.807, 2.05) is 24.3 Å². The molecule has 8 nitrogen and oxygen atoms in total. The normalized spacial score (nSPS) is 14.0. The Bertz CT molecular complexity index is 1140. The van der Waals surface area contributed by atoms with Crippen molar-refractivity contribution < 1.29 is 29.4 Å². The number of fused-ring (bicyclic) bond motifs is 1. The van der Waals surface area contributed by atoms with Crippen LogP contribution < -0.4 is 4.74 Å². The molecule has 35 heavy (non-hydrogen) atoms. The van der Waals surface area contributed by atoms with Gasteiger partial charge in [0.2, 0.25) is 0 Å². The number of carboxylic acids is 2. The van der Waals surface area contributed by atoms with E-state index in [9.17, 15) is 0 Å². The Morgan fingerprint density at radius 1 is 0.886 bits per heavy atom. The summed E-state index contributed by atoms with van der Waals surface area (Å²) >= 11 is 0. The smallest absolute Gasteiger partial charge is 0.414 e. The predicted octanol–water partition coefficient (Wildman–Crippen LogP) is 4.26. The van der Waals surface area contributed by atoms with Crippen molar-refractivity contribution in [2.75, 3.05) is 33.4 Å². The molecule has 0 atom stereocenters. The Morgan fingerprint density at radius 2 is 1.54 bits per heavy atom. The van der Waals surface area contributed by atoms with Gasteiger partial charge in [0.05, 0.1) is 7.11 Å². The third-order valence-corrected chi connectivity index (χ3v) is 5.69. The Balaban J connectivity index is 0.000000509. The Morgan fingerprint density at radius 3 is 2.20 bits per heavy atom. The average Bonchev–Trinajstić information content (AvgIpc) is 2.89. The molecule has 0 aliphatic carbocycles. The van der Waals surface area contributed by atoms with Crippen molar-refractivity contribution >= 4 is 28.4 Å². The lowest BCUT2D eigenvalue weighted by Crippen LogP contribution is -2.32. The standard InChI is InChI=1S/C25H28N2O2.C2H2O4/c1-28-22-14-12-21(13-15-22)25(26-29-19-18-27-16-5-2-6-17-27)24-11-7-9-20-8-3-4-10-23(20)24;3-1(4)2(5)6/h3-4,7-15H,2,5-6,16-19H2,1H3;(H,3,4)(H,5,6)/b26-25+;. The quantitative estimate of drug-likeness (QED) is 0.226. The number of oxime groups is 1. The molecule has 0 saturated carbocycles. The molecule has 3 aromatic rings. The molecule has 1 aliphatic heterocycles. The summed E-state index contributed by atoms with van der Waals surface area (Å²) in [5, 5.41) is 21.8. The molecule has 2 N–H and O–H groups in total. The molecule has 0 radical (unpaired) electrons. The van der Waals surface area contributed by atoms with Crippen molar-refractivity contribution in [2.24, 2.45) is 5.16 Å². The third kappa shape index (κ3) is 7.55. The molecule has 1 fully saturated rings. The van der Waals surface area contributed by atoms with Gasteiger partial charge in [-0.15, -0.1) is 0 Å². The van der Waals surface area contributed by atoms with Crippen LogP contribution in [0.5, 0.6) is 5.75 Å². The van der Waals surface area contributed by atoms with Crippen LogP contribution in [0.25, 0.3) is 10.8 Å². The van der Waals surface area contributed by atoms with Crippen LogP contribution in [0, 0.1) is 0 Å². The summed E-state index contributed by atoms with van der Waals surface area (Å²) < 4.78 is 5.31. The molecule has 0 amide bonds. The summed E-state index contributed by atoms with van der Waals surface area (Å²) in [6.07, 6.45) is 3.92. The van der Waals surface area contributed by atoms with Gasteiger partial charge in [0, 0.05) is 17.7 Å². The van der Waals surface area contributed by atoms with Crippen LogP contribution in [0.1, 0.15) is 30.4 Å². The maximum absolute atomic E-state index is 9.10. The number of ether oxygens (including phenoxy) is 1. The number of likely N-dealkylation sites (tertiary alicyclic amines) is 1. The van der Waals surface area contributed by atoms with Crippen molar-refractivity contribution in [2.45, 2.75) is 19.3 Å². The highest BCUT2D eigenvalue weighted by Gasteiger charge is 2.13.